The molecule has 7 heteroatoms. The number of rotatable bonds is 7. The summed E-state index contributed by atoms with van der Waals surface area (Å²) in [6.45, 7) is 1.46. The second-order valence-electron chi connectivity index (χ2n) is 7.18. The third-order valence-corrected chi connectivity index (χ3v) is 5.20. The number of hydrogen-bond donors (Lipinski definition) is 2. The van der Waals surface area contributed by atoms with Gasteiger partial charge in [0.25, 0.3) is 5.91 Å². The normalized spacial score (nSPS) is 16.3. The summed E-state index contributed by atoms with van der Waals surface area (Å²) in [6.07, 6.45) is 6.54. The van der Waals surface area contributed by atoms with Crippen molar-refractivity contribution in [3.63, 3.8) is 0 Å². The summed E-state index contributed by atoms with van der Waals surface area (Å²) in [5.74, 6) is 0.654. The van der Waals surface area contributed by atoms with Crippen molar-refractivity contribution in [2.75, 3.05) is 26.7 Å². The van der Waals surface area contributed by atoms with Gasteiger partial charge < -0.3 is 20.7 Å². The molecule has 0 radical (unpaired) electrons. The molecule has 1 aromatic carbocycles. The second kappa shape index (κ2) is 10.0. The lowest BCUT2D eigenvalue weighted by atomic mass is 10.00. The van der Waals surface area contributed by atoms with Crippen LogP contribution < -0.4 is 15.8 Å². The number of aromatic nitrogens is 1. The Balaban J connectivity index is 1.74. The van der Waals surface area contributed by atoms with Crippen LogP contribution in [0.1, 0.15) is 36.0 Å². The van der Waals surface area contributed by atoms with E-state index in [1.54, 1.807) is 19.5 Å². The number of carbonyl (C=O) groups is 2. The van der Waals surface area contributed by atoms with Gasteiger partial charge in [-0.2, -0.15) is 0 Å². The molecule has 1 aliphatic heterocycles. The lowest BCUT2D eigenvalue weighted by Crippen LogP contribution is -2.49. The molecule has 0 bridgehead atoms. The van der Waals surface area contributed by atoms with Crippen molar-refractivity contribution in [2.24, 2.45) is 5.73 Å². The van der Waals surface area contributed by atoms with E-state index < -0.39 is 0 Å². The molecule has 3 N–H and O–H groups in total. The Morgan fingerprint density at radius 2 is 2.00 bits per heavy atom. The molecule has 1 aromatic heterocycles. The molecule has 0 saturated carbocycles. The second-order valence-corrected chi connectivity index (χ2v) is 7.18. The van der Waals surface area contributed by atoms with E-state index in [0.29, 0.717) is 31.6 Å². The molecule has 1 atom stereocenters. The van der Waals surface area contributed by atoms with Crippen LogP contribution in [0.5, 0.6) is 5.75 Å². The fourth-order valence-electron chi connectivity index (χ4n) is 3.60. The van der Waals surface area contributed by atoms with Gasteiger partial charge in [0.15, 0.2) is 0 Å². The number of benzene rings is 1. The summed E-state index contributed by atoms with van der Waals surface area (Å²) in [4.78, 5) is 31.1. The van der Waals surface area contributed by atoms with Gasteiger partial charge in [0, 0.05) is 50.1 Å². The SMILES string of the molecule is COc1ccc(-c2cncc(C(=O)N3CCCCC3CNC(=O)CCN)c2)cc1. The van der Waals surface area contributed by atoms with Gasteiger partial charge in [0.1, 0.15) is 5.75 Å². The molecule has 0 spiro atoms. The molecule has 29 heavy (non-hydrogen) atoms. The first-order chi connectivity index (χ1) is 14.1. The van der Waals surface area contributed by atoms with Crippen molar-refractivity contribution in [3.8, 4) is 16.9 Å². The molecule has 0 aliphatic carbocycles. The van der Waals surface area contributed by atoms with Gasteiger partial charge >= 0.3 is 0 Å². The molecule has 1 unspecified atom stereocenters. The third-order valence-electron chi connectivity index (χ3n) is 5.20. The molecule has 154 valence electrons. The highest BCUT2D eigenvalue weighted by molar-refractivity contribution is 5.95. The molecule has 1 aliphatic rings. The largest absolute Gasteiger partial charge is 0.497 e. The van der Waals surface area contributed by atoms with E-state index in [0.717, 1.165) is 36.1 Å². The van der Waals surface area contributed by atoms with Crippen LogP contribution in [-0.2, 0) is 4.79 Å². The third kappa shape index (κ3) is 5.32. The number of likely N-dealkylation sites (tertiary alicyclic amines) is 1. The highest BCUT2D eigenvalue weighted by Crippen LogP contribution is 2.24. The summed E-state index contributed by atoms with van der Waals surface area (Å²) in [6, 6.07) is 9.52. The lowest BCUT2D eigenvalue weighted by Gasteiger charge is -2.36. The highest BCUT2D eigenvalue weighted by atomic mass is 16.5. The molecule has 7 nitrogen and oxygen atoms in total. The standard InChI is InChI=1S/C22H28N4O3/c1-29-20-7-5-16(6-8-20)17-12-18(14-24-13-17)22(28)26-11-3-2-4-19(26)15-25-21(27)9-10-23/h5-8,12-14,19H,2-4,9-11,15,23H2,1H3,(H,25,27). The van der Waals surface area contributed by atoms with Crippen LogP contribution in [0.2, 0.25) is 0 Å². The van der Waals surface area contributed by atoms with Gasteiger partial charge in [0.05, 0.1) is 12.7 Å². The molecule has 3 rings (SSSR count). The van der Waals surface area contributed by atoms with Gasteiger partial charge in [-0.1, -0.05) is 12.1 Å². The van der Waals surface area contributed by atoms with Gasteiger partial charge in [-0.25, -0.2) is 0 Å². The van der Waals surface area contributed by atoms with Crippen molar-refractivity contribution >= 4 is 11.8 Å². The van der Waals surface area contributed by atoms with Crippen molar-refractivity contribution in [1.82, 2.24) is 15.2 Å². The molecule has 2 heterocycles. The van der Waals surface area contributed by atoms with Gasteiger partial charge in [-0.05, 0) is 43.0 Å². The maximum Gasteiger partial charge on any atom is 0.255 e. The average Bonchev–Trinajstić information content (AvgIpc) is 2.78. The Bertz CT molecular complexity index is 838. The van der Waals surface area contributed by atoms with E-state index >= 15 is 0 Å². The predicted molar refractivity (Wildman–Crippen MR) is 112 cm³/mol. The van der Waals surface area contributed by atoms with E-state index in [4.69, 9.17) is 10.5 Å². The van der Waals surface area contributed by atoms with Crippen molar-refractivity contribution in [2.45, 2.75) is 31.7 Å². The maximum atomic E-state index is 13.2. The number of nitrogens with one attached hydrogen (secondary N) is 1. The minimum Gasteiger partial charge on any atom is -0.497 e. The Hall–Kier alpha value is -2.93. The fourth-order valence-corrected chi connectivity index (χ4v) is 3.60. The average molecular weight is 396 g/mol. The zero-order valence-corrected chi connectivity index (χ0v) is 16.8. The minimum atomic E-state index is -0.0753. The Kier molecular flexibility index (Phi) is 7.19. The van der Waals surface area contributed by atoms with Gasteiger partial charge in [-0.15, -0.1) is 0 Å². The number of hydrogen-bond acceptors (Lipinski definition) is 5. The first-order valence-corrected chi connectivity index (χ1v) is 9.99. The number of ether oxygens (including phenoxy) is 1. The van der Waals surface area contributed by atoms with Gasteiger partial charge in [0.2, 0.25) is 5.91 Å². The van der Waals surface area contributed by atoms with E-state index in [-0.39, 0.29) is 17.9 Å². The number of pyridine rings is 1. The van der Waals surface area contributed by atoms with E-state index in [1.165, 1.54) is 0 Å². The van der Waals surface area contributed by atoms with E-state index in [1.807, 2.05) is 35.2 Å². The zero-order valence-electron chi connectivity index (χ0n) is 16.8. The van der Waals surface area contributed by atoms with Crippen LogP contribution in [0, 0.1) is 0 Å². The molecule has 2 aromatic rings. The number of methoxy groups -OCH3 is 1. The number of nitrogens with two attached hydrogens (primary N) is 1. The summed E-state index contributed by atoms with van der Waals surface area (Å²) < 4.78 is 5.20. The van der Waals surface area contributed by atoms with Crippen molar-refractivity contribution < 1.29 is 14.3 Å². The number of carbonyl (C=O) groups excluding carboxylic acids is 2. The summed E-state index contributed by atoms with van der Waals surface area (Å²) in [7, 11) is 1.63. The number of amides is 2. The summed E-state index contributed by atoms with van der Waals surface area (Å²) >= 11 is 0. The van der Waals surface area contributed by atoms with Crippen molar-refractivity contribution in [3.05, 3.63) is 48.3 Å². The summed E-state index contributed by atoms with van der Waals surface area (Å²) in [5, 5.41) is 2.90. The van der Waals surface area contributed by atoms with Crippen LogP contribution in [-0.4, -0.2) is 54.5 Å². The number of nitrogens with zero attached hydrogens (tertiary/aromatic N) is 2. The predicted octanol–water partition coefficient (Wildman–Crippen LogP) is 2.22. The highest BCUT2D eigenvalue weighted by Gasteiger charge is 2.28. The Morgan fingerprint density at radius 1 is 1.21 bits per heavy atom. The molecular formula is C22H28N4O3. The van der Waals surface area contributed by atoms with Gasteiger partial charge in [-0.3, -0.25) is 14.6 Å². The van der Waals surface area contributed by atoms with E-state index in [9.17, 15) is 9.59 Å². The molecule has 1 fully saturated rings. The Labute approximate surface area is 171 Å². The zero-order chi connectivity index (χ0) is 20.6. The fraction of sp³-hybridized carbons (Fsp3) is 0.409. The van der Waals surface area contributed by atoms with Crippen LogP contribution in [0.15, 0.2) is 42.7 Å². The van der Waals surface area contributed by atoms with Crippen LogP contribution in [0.25, 0.3) is 11.1 Å². The first-order valence-electron chi connectivity index (χ1n) is 9.99. The topological polar surface area (TPSA) is 97.5 Å². The molecule has 2 amide bonds. The minimum absolute atomic E-state index is 0.0115. The molecule has 1 saturated heterocycles. The smallest absolute Gasteiger partial charge is 0.255 e. The monoisotopic (exact) mass is 396 g/mol. The van der Waals surface area contributed by atoms with Crippen LogP contribution in [0.4, 0.5) is 0 Å². The Morgan fingerprint density at radius 3 is 2.72 bits per heavy atom. The maximum absolute atomic E-state index is 13.2. The number of piperidine rings is 1. The van der Waals surface area contributed by atoms with E-state index in [2.05, 4.69) is 10.3 Å². The first kappa shape index (κ1) is 20.8. The lowest BCUT2D eigenvalue weighted by molar-refractivity contribution is -0.121. The van der Waals surface area contributed by atoms with Crippen LogP contribution >= 0.6 is 0 Å². The van der Waals surface area contributed by atoms with Crippen LogP contribution in [0.3, 0.4) is 0 Å². The molecular weight excluding hydrogens is 368 g/mol. The summed E-state index contributed by atoms with van der Waals surface area (Å²) in [5.41, 5.74) is 7.83. The quantitative estimate of drug-likeness (QED) is 0.748. The van der Waals surface area contributed by atoms with Crippen molar-refractivity contribution in [1.29, 1.82) is 0 Å².